The maximum absolute atomic E-state index is 11.8. The van der Waals surface area contributed by atoms with Crippen LogP contribution in [0.4, 0.5) is 0 Å². The number of benzene rings is 1. The Morgan fingerprint density at radius 2 is 2.31 bits per heavy atom. The van der Waals surface area contributed by atoms with Gasteiger partial charge in [0.25, 0.3) is 5.91 Å². The van der Waals surface area contributed by atoms with Crippen molar-refractivity contribution in [1.29, 1.82) is 0 Å². The van der Waals surface area contributed by atoms with Crippen molar-refractivity contribution in [3.8, 4) is 0 Å². The summed E-state index contributed by atoms with van der Waals surface area (Å²) in [6.07, 6.45) is 0.898. The van der Waals surface area contributed by atoms with E-state index in [-0.39, 0.29) is 11.9 Å². The zero-order valence-electron chi connectivity index (χ0n) is 8.77. The van der Waals surface area contributed by atoms with Crippen molar-refractivity contribution < 1.29 is 4.79 Å². The number of carbonyl (C=O) groups excluding carboxylic acids is 1. The molecule has 0 saturated carbocycles. The number of hydrogen-bond donors (Lipinski definition) is 1. The number of halogens is 3. The predicted molar refractivity (Wildman–Crippen MR) is 79.5 cm³/mol. The Morgan fingerprint density at radius 3 is 2.81 bits per heavy atom. The largest absolute Gasteiger partial charge is 0.348 e. The van der Waals surface area contributed by atoms with Gasteiger partial charge >= 0.3 is 0 Å². The Hall–Kier alpha value is 0.190. The molecule has 0 aliphatic heterocycles. The quantitative estimate of drug-likeness (QED) is 0.586. The Morgan fingerprint density at radius 1 is 1.62 bits per heavy atom. The van der Waals surface area contributed by atoms with Crippen LogP contribution in [-0.4, -0.2) is 17.3 Å². The molecule has 0 spiro atoms. The molecule has 1 rings (SSSR count). The molecular formula is C11H12BrClINO. The molecule has 16 heavy (non-hydrogen) atoms. The number of carbonyl (C=O) groups is 1. The number of alkyl halides is 1. The molecule has 1 N–H and O–H groups in total. The molecule has 5 heteroatoms. The van der Waals surface area contributed by atoms with Crippen LogP contribution in [0.15, 0.2) is 18.2 Å². The van der Waals surface area contributed by atoms with E-state index in [2.05, 4.69) is 43.8 Å². The summed E-state index contributed by atoms with van der Waals surface area (Å²) in [5, 5.41) is 4.30. The Balaban J connectivity index is 2.76. The van der Waals surface area contributed by atoms with Gasteiger partial charge in [0.15, 0.2) is 0 Å². The molecule has 1 atom stereocenters. The minimum Gasteiger partial charge on any atom is -0.348 e. The summed E-state index contributed by atoms with van der Waals surface area (Å²) in [4.78, 5) is 11.8. The standard InChI is InChI=1S/C11H12BrClINO/c1-2-8(6-12)15-11(16)7-3-4-10(14)9(13)5-7/h3-5,8H,2,6H2,1H3,(H,15,16). The fourth-order valence-corrected chi connectivity index (χ4v) is 2.29. The molecule has 1 aromatic rings. The monoisotopic (exact) mass is 415 g/mol. The van der Waals surface area contributed by atoms with Crippen LogP contribution in [0.3, 0.4) is 0 Å². The Kier molecular flexibility index (Phi) is 6.07. The Labute approximate surface area is 122 Å². The second kappa shape index (κ2) is 6.81. The summed E-state index contributed by atoms with van der Waals surface area (Å²) in [5.41, 5.74) is 0.602. The molecule has 0 fully saturated rings. The molecule has 0 heterocycles. The zero-order valence-corrected chi connectivity index (χ0v) is 13.3. The normalized spacial score (nSPS) is 12.2. The smallest absolute Gasteiger partial charge is 0.251 e. The van der Waals surface area contributed by atoms with Crippen LogP contribution in [0.5, 0.6) is 0 Å². The minimum absolute atomic E-state index is 0.0791. The van der Waals surface area contributed by atoms with Gasteiger partial charge in [0.2, 0.25) is 0 Å². The molecule has 0 saturated heterocycles. The van der Waals surface area contributed by atoms with Gasteiger partial charge < -0.3 is 5.32 Å². The number of nitrogens with one attached hydrogen (secondary N) is 1. The van der Waals surface area contributed by atoms with Crippen LogP contribution < -0.4 is 5.32 Å². The first-order valence-corrected chi connectivity index (χ1v) is 7.48. The summed E-state index contributed by atoms with van der Waals surface area (Å²) in [6, 6.07) is 5.47. The fraction of sp³-hybridized carbons (Fsp3) is 0.364. The van der Waals surface area contributed by atoms with Gasteiger partial charge in [0, 0.05) is 20.5 Å². The lowest BCUT2D eigenvalue weighted by atomic mass is 10.2. The van der Waals surface area contributed by atoms with E-state index < -0.39 is 0 Å². The molecule has 88 valence electrons. The van der Waals surface area contributed by atoms with Crippen LogP contribution >= 0.6 is 50.1 Å². The molecule has 1 unspecified atom stereocenters. The van der Waals surface area contributed by atoms with Gasteiger partial charge in [-0.1, -0.05) is 34.5 Å². The van der Waals surface area contributed by atoms with Gasteiger partial charge in [-0.2, -0.15) is 0 Å². The van der Waals surface area contributed by atoms with Gasteiger partial charge in [0.1, 0.15) is 0 Å². The van der Waals surface area contributed by atoms with Crippen LogP contribution in [0.1, 0.15) is 23.7 Å². The number of rotatable bonds is 4. The maximum atomic E-state index is 11.8. The minimum atomic E-state index is -0.0791. The third kappa shape index (κ3) is 3.89. The first-order chi connectivity index (χ1) is 7.58. The van der Waals surface area contributed by atoms with Crippen molar-refractivity contribution in [2.45, 2.75) is 19.4 Å². The summed E-state index contributed by atoms with van der Waals surface area (Å²) in [5.74, 6) is -0.0791. The van der Waals surface area contributed by atoms with Crippen molar-refractivity contribution >= 4 is 56.0 Å². The maximum Gasteiger partial charge on any atom is 0.251 e. The molecule has 0 bridgehead atoms. The highest BCUT2D eigenvalue weighted by atomic mass is 127. The zero-order chi connectivity index (χ0) is 12.1. The van der Waals surface area contributed by atoms with Crippen molar-refractivity contribution in [2.75, 3.05) is 5.33 Å². The lowest BCUT2D eigenvalue weighted by molar-refractivity contribution is 0.0940. The highest BCUT2D eigenvalue weighted by Crippen LogP contribution is 2.19. The summed E-state index contributed by atoms with van der Waals surface area (Å²) >= 11 is 11.5. The van der Waals surface area contributed by atoms with E-state index in [1.54, 1.807) is 12.1 Å². The lowest BCUT2D eigenvalue weighted by Crippen LogP contribution is -2.35. The Bertz CT molecular complexity index is 382. The van der Waals surface area contributed by atoms with Crippen molar-refractivity contribution in [3.63, 3.8) is 0 Å². The summed E-state index contributed by atoms with van der Waals surface area (Å²) < 4.78 is 0.948. The van der Waals surface area contributed by atoms with E-state index in [0.29, 0.717) is 10.6 Å². The average molecular weight is 416 g/mol. The van der Waals surface area contributed by atoms with E-state index in [0.717, 1.165) is 15.3 Å². The molecule has 0 aliphatic carbocycles. The van der Waals surface area contributed by atoms with Crippen LogP contribution in [0.2, 0.25) is 5.02 Å². The fourth-order valence-electron chi connectivity index (χ4n) is 1.16. The number of hydrogen-bond acceptors (Lipinski definition) is 1. The van der Waals surface area contributed by atoms with Gasteiger partial charge in [0.05, 0.1) is 5.02 Å². The van der Waals surface area contributed by atoms with Crippen LogP contribution in [0, 0.1) is 3.57 Å². The first-order valence-electron chi connectivity index (χ1n) is 4.90. The van der Waals surface area contributed by atoms with Crippen molar-refractivity contribution in [3.05, 3.63) is 32.4 Å². The molecule has 2 nitrogen and oxygen atoms in total. The molecule has 0 radical (unpaired) electrons. The summed E-state index contributed by atoms with van der Waals surface area (Å²) in [7, 11) is 0. The molecule has 1 aromatic carbocycles. The van der Waals surface area contributed by atoms with Gasteiger partial charge in [-0.05, 0) is 47.2 Å². The highest BCUT2D eigenvalue weighted by molar-refractivity contribution is 14.1. The summed E-state index contributed by atoms with van der Waals surface area (Å²) in [6.45, 7) is 2.03. The topological polar surface area (TPSA) is 29.1 Å². The highest BCUT2D eigenvalue weighted by Gasteiger charge is 2.11. The van der Waals surface area contributed by atoms with Crippen LogP contribution in [-0.2, 0) is 0 Å². The SMILES string of the molecule is CCC(CBr)NC(=O)c1ccc(I)c(Cl)c1. The predicted octanol–water partition coefficient (Wildman–Crippen LogP) is 3.85. The molecular weight excluding hydrogens is 404 g/mol. The second-order valence-corrected chi connectivity index (χ2v) is 5.58. The van der Waals surface area contributed by atoms with Crippen molar-refractivity contribution in [2.24, 2.45) is 0 Å². The third-order valence-electron chi connectivity index (χ3n) is 2.20. The third-order valence-corrected chi connectivity index (χ3v) is 4.55. The number of amides is 1. The second-order valence-electron chi connectivity index (χ2n) is 3.36. The molecule has 0 aliphatic rings. The lowest BCUT2D eigenvalue weighted by Gasteiger charge is -2.14. The average Bonchev–Trinajstić information content (AvgIpc) is 2.29. The van der Waals surface area contributed by atoms with E-state index in [1.807, 2.05) is 13.0 Å². The van der Waals surface area contributed by atoms with Crippen LogP contribution in [0.25, 0.3) is 0 Å². The van der Waals surface area contributed by atoms with Crippen molar-refractivity contribution in [1.82, 2.24) is 5.32 Å². The van der Waals surface area contributed by atoms with E-state index >= 15 is 0 Å². The first kappa shape index (κ1) is 14.3. The van der Waals surface area contributed by atoms with Gasteiger partial charge in [-0.3, -0.25) is 4.79 Å². The van der Waals surface area contributed by atoms with E-state index in [1.165, 1.54) is 0 Å². The molecule has 1 amide bonds. The van der Waals surface area contributed by atoms with Gasteiger partial charge in [-0.15, -0.1) is 0 Å². The van der Waals surface area contributed by atoms with E-state index in [4.69, 9.17) is 11.6 Å². The molecule has 0 aromatic heterocycles. The van der Waals surface area contributed by atoms with E-state index in [9.17, 15) is 4.79 Å². The van der Waals surface area contributed by atoms with Gasteiger partial charge in [-0.25, -0.2) is 0 Å².